The summed E-state index contributed by atoms with van der Waals surface area (Å²) in [7, 11) is 2.00. The number of hydrogen-bond donors (Lipinski definition) is 2. The van der Waals surface area contributed by atoms with Gasteiger partial charge in [-0.2, -0.15) is 0 Å². The van der Waals surface area contributed by atoms with Crippen molar-refractivity contribution in [2.75, 3.05) is 19.7 Å². The van der Waals surface area contributed by atoms with E-state index in [0.29, 0.717) is 18.6 Å². The van der Waals surface area contributed by atoms with E-state index < -0.39 is 17.2 Å². The van der Waals surface area contributed by atoms with Gasteiger partial charge in [0.2, 0.25) is 0 Å². The lowest BCUT2D eigenvalue weighted by molar-refractivity contribution is -0.206. The van der Waals surface area contributed by atoms with Gasteiger partial charge in [0.1, 0.15) is 11.9 Å². The predicted molar refractivity (Wildman–Crippen MR) is 107 cm³/mol. The molecule has 8 nitrogen and oxygen atoms in total. The highest BCUT2D eigenvalue weighted by molar-refractivity contribution is 5.94. The van der Waals surface area contributed by atoms with Crippen molar-refractivity contribution in [3.8, 4) is 0 Å². The predicted octanol–water partition coefficient (Wildman–Crippen LogP) is 1.12. The number of amides is 1. The summed E-state index contributed by atoms with van der Waals surface area (Å²) in [5.41, 5.74) is -0.883. The molecule has 29 heavy (non-hydrogen) atoms. The zero-order chi connectivity index (χ0) is 20.5. The molecule has 0 radical (unpaired) electrons. The molecule has 2 aliphatic rings. The third kappa shape index (κ3) is 3.92. The maximum atomic E-state index is 12.7. The molecule has 1 spiro atoms. The zero-order valence-electron chi connectivity index (χ0n) is 17.0. The number of nitrogens with zero attached hydrogens (tertiary/aromatic N) is 4. The number of pyridine rings is 1. The van der Waals surface area contributed by atoms with E-state index in [1.54, 1.807) is 18.3 Å². The molecule has 4 heterocycles. The lowest BCUT2D eigenvalue weighted by atomic mass is 9.73. The summed E-state index contributed by atoms with van der Waals surface area (Å²) in [6.45, 7) is 4.84. The summed E-state index contributed by atoms with van der Waals surface area (Å²) in [6, 6.07) is 3.46. The number of rotatable bonds is 4. The van der Waals surface area contributed by atoms with E-state index in [1.165, 1.54) is 6.20 Å². The standard InChI is InChI=1S/C21H29N5O3/c1-20(24-18(27)16-4-3-8-22-14-16)7-13-29-21(19(20)28)5-10-26(11-6-21)15-17-23-9-12-25(17)2/h3-4,8-9,12,14,19,28H,5-7,10-11,13,15H2,1-2H3,(H,24,27)/t19-,20+/m1/s1. The van der Waals surface area contributed by atoms with Crippen molar-refractivity contribution < 1.29 is 14.6 Å². The molecule has 0 aliphatic carbocycles. The first-order valence-corrected chi connectivity index (χ1v) is 10.1. The van der Waals surface area contributed by atoms with E-state index in [1.807, 2.05) is 30.9 Å². The third-order valence-corrected chi connectivity index (χ3v) is 6.42. The van der Waals surface area contributed by atoms with Gasteiger partial charge < -0.3 is 19.7 Å². The molecule has 2 aliphatic heterocycles. The average molecular weight is 399 g/mol. The van der Waals surface area contributed by atoms with Gasteiger partial charge in [-0.25, -0.2) is 4.98 Å². The van der Waals surface area contributed by atoms with Crippen LogP contribution in [0.2, 0.25) is 0 Å². The number of ether oxygens (including phenoxy) is 1. The number of carbonyl (C=O) groups excluding carboxylic acids is 1. The second-order valence-corrected chi connectivity index (χ2v) is 8.41. The summed E-state index contributed by atoms with van der Waals surface area (Å²) in [5.74, 6) is 0.809. The third-order valence-electron chi connectivity index (χ3n) is 6.42. The molecule has 0 aromatic carbocycles. The Morgan fingerprint density at radius 1 is 1.34 bits per heavy atom. The largest absolute Gasteiger partial charge is 0.388 e. The maximum absolute atomic E-state index is 12.7. The summed E-state index contributed by atoms with van der Waals surface area (Å²) in [6.07, 6.45) is 8.16. The van der Waals surface area contributed by atoms with Crippen molar-refractivity contribution in [2.24, 2.45) is 7.05 Å². The van der Waals surface area contributed by atoms with Crippen molar-refractivity contribution >= 4 is 5.91 Å². The Labute approximate surface area is 170 Å². The molecule has 0 saturated carbocycles. The van der Waals surface area contributed by atoms with Crippen LogP contribution in [0.25, 0.3) is 0 Å². The Bertz CT molecular complexity index is 847. The van der Waals surface area contributed by atoms with Gasteiger partial charge in [-0.1, -0.05) is 0 Å². The first-order chi connectivity index (χ1) is 13.9. The molecule has 2 aromatic rings. The van der Waals surface area contributed by atoms with Crippen LogP contribution in [0.5, 0.6) is 0 Å². The van der Waals surface area contributed by atoms with Crippen LogP contribution in [0, 0.1) is 0 Å². The zero-order valence-corrected chi connectivity index (χ0v) is 17.0. The molecule has 4 rings (SSSR count). The molecule has 2 fully saturated rings. The molecule has 156 valence electrons. The number of piperidine rings is 1. The number of likely N-dealkylation sites (tertiary alicyclic amines) is 1. The van der Waals surface area contributed by atoms with Crippen LogP contribution in [0.4, 0.5) is 0 Å². The smallest absolute Gasteiger partial charge is 0.253 e. The van der Waals surface area contributed by atoms with Crippen LogP contribution in [0.15, 0.2) is 36.9 Å². The van der Waals surface area contributed by atoms with Gasteiger partial charge in [0.25, 0.3) is 5.91 Å². The average Bonchev–Trinajstić information content (AvgIpc) is 3.13. The number of carbonyl (C=O) groups is 1. The van der Waals surface area contributed by atoms with Crippen LogP contribution < -0.4 is 5.32 Å². The first-order valence-electron chi connectivity index (χ1n) is 10.1. The van der Waals surface area contributed by atoms with Crippen LogP contribution in [-0.2, 0) is 18.3 Å². The van der Waals surface area contributed by atoms with E-state index in [2.05, 4.69) is 20.2 Å². The molecule has 0 unspecified atom stereocenters. The molecular formula is C21H29N5O3. The minimum atomic E-state index is -0.778. The minimum Gasteiger partial charge on any atom is -0.388 e. The Morgan fingerprint density at radius 2 is 2.14 bits per heavy atom. The van der Waals surface area contributed by atoms with Crippen molar-refractivity contribution in [1.29, 1.82) is 0 Å². The number of hydrogen-bond acceptors (Lipinski definition) is 6. The van der Waals surface area contributed by atoms with Gasteiger partial charge >= 0.3 is 0 Å². The van der Waals surface area contributed by atoms with Crippen LogP contribution in [0.3, 0.4) is 0 Å². The second-order valence-electron chi connectivity index (χ2n) is 8.41. The summed E-state index contributed by atoms with van der Waals surface area (Å²) in [5, 5.41) is 14.3. The topological polar surface area (TPSA) is 92.5 Å². The van der Waals surface area contributed by atoms with Crippen molar-refractivity contribution in [3.63, 3.8) is 0 Å². The van der Waals surface area contributed by atoms with Crippen LogP contribution >= 0.6 is 0 Å². The van der Waals surface area contributed by atoms with E-state index in [-0.39, 0.29) is 5.91 Å². The SMILES string of the molecule is Cn1ccnc1CN1CCC2(CC1)OCC[C@](C)(NC(=O)c1cccnc1)[C@H]2O. The fourth-order valence-corrected chi connectivity index (χ4v) is 4.48. The number of aliphatic hydroxyl groups excluding tert-OH is 1. The molecule has 2 atom stereocenters. The van der Waals surface area contributed by atoms with E-state index >= 15 is 0 Å². The first kappa shape index (κ1) is 20.0. The summed E-state index contributed by atoms with van der Waals surface area (Å²) in [4.78, 5) is 23.4. The van der Waals surface area contributed by atoms with Gasteiger partial charge in [-0.3, -0.25) is 14.7 Å². The Balaban J connectivity index is 1.42. The molecular weight excluding hydrogens is 370 g/mol. The van der Waals surface area contributed by atoms with Gasteiger partial charge in [0.15, 0.2) is 0 Å². The van der Waals surface area contributed by atoms with Crippen LogP contribution in [0.1, 0.15) is 42.4 Å². The number of imidazole rings is 1. The Morgan fingerprint density at radius 3 is 2.79 bits per heavy atom. The molecule has 8 heteroatoms. The summed E-state index contributed by atoms with van der Waals surface area (Å²) >= 11 is 0. The van der Waals surface area contributed by atoms with Crippen molar-refractivity contribution in [2.45, 2.75) is 50.0 Å². The molecule has 2 saturated heterocycles. The number of aryl methyl sites for hydroxylation is 1. The lowest BCUT2D eigenvalue weighted by Gasteiger charge is -2.53. The number of aliphatic hydroxyl groups is 1. The fourth-order valence-electron chi connectivity index (χ4n) is 4.48. The van der Waals surface area contributed by atoms with Gasteiger partial charge in [0, 0.05) is 51.5 Å². The van der Waals surface area contributed by atoms with E-state index in [9.17, 15) is 9.90 Å². The summed E-state index contributed by atoms with van der Waals surface area (Å²) < 4.78 is 8.18. The van der Waals surface area contributed by atoms with Crippen molar-refractivity contribution in [1.82, 2.24) is 24.8 Å². The number of nitrogens with one attached hydrogen (secondary N) is 1. The highest BCUT2D eigenvalue weighted by atomic mass is 16.5. The monoisotopic (exact) mass is 399 g/mol. The Kier molecular flexibility index (Phi) is 5.42. The van der Waals surface area contributed by atoms with E-state index in [4.69, 9.17) is 4.74 Å². The van der Waals surface area contributed by atoms with Crippen LogP contribution in [-0.4, -0.2) is 67.4 Å². The van der Waals surface area contributed by atoms with E-state index in [0.717, 1.165) is 38.3 Å². The molecule has 1 amide bonds. The lowest BCUT2D eigenvalue weighted by Crippen LogP contribution is -2.69. The minimum absolute atomic E-state index is 0.219. The van der Waals surface area contributed by atoms with Gasteiger partial charge in [-0.05, 0) is 38.3 Å². The Hall–Kier alpha value is -2.29. The molecule has 0 bridgehead atoms. The number of aromatic nitrogens is 3. The highest BCUT2D eigenvalue weighted by Gasteiger charge is 2.53. The van der Waals surface area contributed by atoms with Gasteiger partial charge in [-0.15, -0.1) is 0 Å². The quantitative estimate of drug-likeness (QED) is 0.801. The highest BCUT2D eigenvalue weighted by Crippen LogP contribution is 2.40. The normalized spacial score (nSPS) is 27.1. The van der Waals surface area contributed by atoms with Gasteiger partial charge in [0.05, 0.1) is 23.2 Å². The molecule has 2 aromatic heterocycles. The van der Waals surface area contributed by atoms with Crippen molar-refractivity contribution in [3.05, 3.63) is 48.3 Å². The fraction of sp³-hybridized carbons (Fsp3) is 0.571. The second kappa shape index (κ2) is 7.85. The molecule has 2 N–H and O–H groups in total. The maximum Gasteiger partial charge on any atom is 0.253 e.